The van der Waals surface area contributed by atoms with Crippen molar-refractivity contribution >= 4 is 27.3 Å². The summed E-state index contributed by atoms with van der Waals surface area (Å²) in [6, 6.07) is 8.00. The van der Waals surface area contributed by atoms with Crippen molar-refractivity contribution in [2.75, 3.05) is 13.6 Å². The minimum absolute atomic E-state index is 0.277. The first-order chi connectivity index (χ1) is 8.29. The van der Waals surface area contributed by atoms with Gasteiger partial charge in [0.2, 0.25) is 0 Å². The Balaban J connectivity index is 1.96. The van der Waals surface area contributed by atoms with E-state index in [1.807, 2.05) is 31.3 Å². The van der Waals surface area contributed by atoms with Crippen molar-refractivity contribution in [3.63, 3.8) is 0 Å². The summed E-state index contributed by atoms with van der Waals surface area (Å²) in [4.78, 5) is 16.2. The molecule has 0 fully saturated rings. The lowest BCUT2D eigenvalue weighted by Crippen LogP contribution is -2.10. The monoisotopic (exact) mass is 248 g/mol. The molecule has 2 rings (SSSR count). The van der Waals surface area contributed by atoms with Crippen LogP contribution in [-0.4, -0.2) is 24.4 Å². The first-order valence-electron chi connectivity index (χ1n) is 5.80. The Labute approximate surface area is 105 Å². The molecule has 0 aliphatic rings. The van der Waals surface area contributed by atoms with Gasteiger partial charge in [-0.25, -0.2) is 4.98 Å². The van der Waals surface area contributed by atoms with Crippen LogP contribution in [0.3, 0.4) is 0 Å². The van der Waals surface area contributed by atoms with E-state index in [4.69, 9.17) is 0 Å². The van der Waals surface area contributed by atoms with Crippen molar-refractivity contribution in [1.29, 1.82) is 0 Å². The Morgan fingerprint density at radius 2 is 2.24 bits per heavy atom. The van der Waals surface area contributed by atoms with Crippen LogP contribution >= 0.6 is 11.3 Å². The van der Waals surface area contributed by atoms with Crippen LogP contribution in [0.15, 0.2) is 24.3 Å². The third kappa shape index (κ3) is 3.35. The molecule has 1 aromatic heterocycles. The zero-order valence-electron chi connectivity index (χ0n) is 9.90. The van der Waals surface area contributed by atoms with Crippen LogP contribution in [-0.2, 0) is 11.2 Å². The van der Waals surface area contributed by atoms with Crippen molar-refractivity contribution in [3.8, 4) is 0 Å². The minimum atomic E-state index is 0.277. The first kappa shape index (κ1) is 12.2. The topological polar surface area (TPSA) is 42.0 Å². The van der Waals surface area contributed by atoms with Crippen LogP contribution in [0.4, 0.5) is 0 Å². The zero-order valence-corrected chi connectivity index (χ0v) is 10.7. The van der Waals surface area contributed by atoms with E-state index < -0.39 is 0 Å². The second-order valence-corrected chi connectivity index (χ2v) is 5.11. The smallest absolute Gasteiger partial charge is 0.139 e. The largest absolute Gasteiger partial charge is 0.320 e. The standard InChI is InChI=1S/C13H16N2OS/c1-14-8-4-5-10(16)9-13-15-11-6-2-3-7-12(11)17-13/h2-3,6-7,14H,4-5,8-9H2,1H3. The number of Topliss-reactive ketones (excluding diaryl/α,β-unsaturated/α-hetero) is 1. The zero-order chi connectivity index (χ0) is 12.1. The molecule has 2 aromatic rings. The van der Waals surface area contributed by atoms with Crippen LogP contribution < -0.4 is 5.32 Å². The van der Waals surface area contributed by atoms with Crippen LogP contribution in [0, 0.1) is 0 Å². The first-order valence-corrected chi connectivity index (χ1v) is 6.62. The highest BCUT2D eigenvalue weighted by Gasteiger charge is 2.08. The SMILES string of the molecule is CNCCCC(=O)Cc1nc2ccccc2s1. The van der Waals surface area contributed by atoms with Crippen molar-refractivity contribution in [2.24, 2.45) is 0 Å². The number of carbonyl (C=O) groups excluding carboxylic acids is 1. The number of hydrogen-bond acceptors (Lipinski definition) is 4. The van der Waals surface area contributed by atoms with Gasteiger partial charge in [-0.05, 0) is 32.1 Å². The molecule has 0 atom stereocenters. The molecule has 3 nitrogen and oxygen atoms in total. The molecule has 1 aromatic carbocycles. The summed E-state index contributed by atoms with van der Waals surface area (Å²) in [5.74, 6) is 0.277. The molecule has 90 valence electrons. The number of nitrogens with one attached hydrogen (secondary N) is 1. The molecule has 0 unspecified atom stereocenters. The lowest BCUT2D eigenvalue weighted by molar-refractivity contribution is -0.118. The quantitative estimate of drug-likeness (QED) is 0.798. The summed E-state index contributed by atoms with van der Waals surface area (Å²) in [6.45, 7) is 0.894. The van der Waals surface area contributed by atoms with Crippen molar-refractivity contribution < 1.29 is 4.79 Å². The summed E-state index contributed by atoms with van der Waals surface area (Å²) in [5, 5.41) is 3.97. The van der Waals surface area contributed by atoms with Gasteiger partial charge in [-0.15, -0.1) is 11.3 Å². The van der Waals surface area contributed by atoms with E-state index in [1.165, 1.54) is 0 Å². The fraction of sp³-hybridized carbons (Fsp3) is 0.385. The van der Waals surface area contributed by atoms with Crippen LogP contribution in [0.1, 0.15) is 17.8 Å². The van der Waals surface area contributed by atoms with E-state index in [0.717, 1.165) is 28.2 Å². The second kappa shape index (κ2) is 5.89. The van der Waals surface area contributed by atoms with Gasteiger partial charge < -0.3 is 5.32 Å². The van der Waals surface area contributed by atoms with Gasteiger partial charge in [-0.3, -0.25) is 4.79 Å². The summed E-state index contributed by atoms with van der Waals surface area (Å²) in [5.41, 5.74) is 0.996. The average Bonchev–Trinajstić information content (AvgIpc) is 2.71. The minimum Gasteiger partial charge on any atom is -0.320 e. The van der Waals surface area contributed by atoms with Gasteiger partial charge in [-0.2, -0.15) is 0 Å². The molecule has 1 heterocycles. The summed E-state index contributed by atoms with van der Waals surface area (Å²) in [7, 11) is 1.90. The molecule has 0 radical (unpaired) electrons. The maximum Gasteiger partial charge on any atom is 0.139 e. The van der Waals surface area contributed by atoms with Gasteiger partial charge in [-0.1, -0.05) is 12.1 Å². The highest BCUT2D eigenvalue weighted by Crippen LogP contribution is 2.22. The number of nitrogens with zero attached hydrogens (tertiary/aromatic N) is 1. The molecule has 0 saturated heterocycles. The average molecular weight is 248 g/mol. The number of benzene rings is 1. The molecular weight excluding hydrogens is 232 g/mol. The Morgan fingerprint density at radius 3 is 3.00 bits per heavy atom. The number of para-hydroxylation sites is 1. The molecule has 4 heteroatoms. The Kier molecular flexibility index (Phi) is 4.23. The maximum atomic E-state index is 11.7. The van der Waals surface area contributed by atoms with E-state index in [-0.39, 0.29) is 5.78 Å². The van der Waals surface area contributed by atoms with Crippen molar-refractivity contribution in [2.45, 2.75) is 19.3 Å². The number of rotatable bonds is 6. The normalized spacial score (nSPS) is 10.9. The maximum absolute atomic E-state index is 11.7. The molecule has 0 amide bonds. The highest BCUT2D eigenvalue weighted by molar-refractivity contribution is 7.18. The summed E-state index contributed by atoms with van der Waals surface area (Å²) < 4.78 is 1.16. The predicted octanol–water partition coefficient (Wildman–Crippen LogP) is 2.41. The van der Waals surface area contributed by atoms with E-state index >= 15 is 0 Å². The van der Waals surface area contributed by atoms with Gasteiger partial charge in [0.05, 0.1) is 16.6 Å². The van der Waals surface area contributed by atoms with E-state index in [9.17, 15) is 4.79 Å². The van der Waals surface area contributed by atoms with E-state index in [0.29, 0.717) is 12.8 Å². The van der Waals surface area contributed by atoms with E-state index in [1.54, 1.807) is 11.3 Å². The van der Waals surface area contributed by atoms with Crippen molar-refractivity contribution in [1.82, 2.24) is 10.3 Å². The number of fused-ring (bicyclic) bond motifs is 1. The molecule has 0 saturated carbocycles. The lowest BCUT2D eigenvalue weighted by Gasteiger charge is -1.97. The molecule has 1 N–H and O–H groups in total. The molecule has 0 bridgehead atoms. The molecule has 0 aliphatic carbocycles. The number of ketones is 1. The Bertz CT molecular complexity index is 474. The van der Waals surface area contributed by atoms with E-state index in [2.05, 4.69) is 10.3 Å². The molecular formula is C13H16N2OS. The van der Waals surface area contributed by atoms with Crippen LogP contribution in [0.2, 0.25) is 0 Å². The van der Waals surface area contributed by atoms with Gasteiger partial charge in [0.1, 0.15) is 10.8 Å². The van der Waals surface area contributed by atoms with Gasteiger partial charge in [0, 0.05) is 6.42 Å². The summed E-state index contributed by atoms with van der Waals surface area (Å²) in [6.07, 6.45) is 2.01. The third-order valence-electron chi connectivity index (χ3n) is 2.57. The number of hydrogen-bond donors (Lipinski definition) is 1. The van der Waals surface area contributed by atoms with Gasteiger partial charge in [0.25, 0.3) is 0 Å². The Morgan fingerprint density at radius 1 is 1.41 bits per heavy atom. The highest BCUT2D eigenvalue weighted by atomic mass is 32.1. The fourth-order valence-corrected chi connectivity index (χ4v) is 2.71. The second-order valence-electron chi connectivity index (χ2n) is 4.00. The Hall–Kier alpha value is -1.26. The number of thiazole rings is 1. The van der Waals surface area contributed by atoms with Gasteiger partial charge in [0.15, 0.2) is 0 Å². The fourth-order valence-electron chi connectivity index (χ4n) is 1.71. The lowest BCUT2D eigenvalue weighted by atomic mass is 10.2. The van der Waals surface area contributed by atoms with Crippen LogP contribution in [0.25, 0.3) is 10.2 Å². The third-order valence-corrected chi connectivity index (χ3v) is 3.61. The summed E-state index contributed by atoms with van der Waals surface area (Å²) >= 11 is 1.62. The van der Waals surface area contributed by atoms with Crippen molar-refractivity contribution in [3.05, 3.63) is 29.3 Å². The predicted molar refractivity (Wildman–Crippen MR) is 71.5 cm³/mol. The molecule has 0 spiro atoms. The number of carbonyl (C=O) groups is 1. The molecule has 17 heavy (non-hydrogen) atoms. The van der Waals surface area contributed by atoms with Crippen LogP contribution in [0.5, 0.6) is 0 Å². The number of aromatic nitrogens is 1. The van der Waals surface area contributed by atoms with Gasteiger partial charge >= 0.3 is 0 Å². The molecule has 0 aliphatic heterocycles.